The zero-order chi connectivity index (χ0) is 34.0. The molecular formula is C33H37F3N9O2S+. The van der Waals surface area contributed by atoms with Gasteiger partial charge < -0.3 is 20.5 Å². The highest BCUT2D eigenvalue weighted by atomic mass is 32.1. The molecule has 48 heavy (non-hydrogen) atoms. The Bertz CT molecular complexity index is 1920. The number of carbonyl (C=O) groups is 2. The second-order valence-electron chi connectivity index (χ2n) is 12.5. The van der Waals surface area contributed by atoms with Gasteiger partial charge in [-0.05, 0) is 56.0 Å². The van der Waals surface area contributed by atoms with Crippen molar-refractivity contribution in [2.45, 2.75) is 64.5 Å². The fraction of sp³-hybridized carbons (Fsp3) is 0.455. The minimum Gasteiger partial charge on any atom is -0.367 e. The highest BCUT2D eigenvalue weighted by Gasteiger charge is 2.38. The summed E-state index contributed by atoms with van der Waals surface area (Å²) in [5.41, 5.74) is 5.17. The fourth-order valence-electron chi connectivity index (χ4n) is 6.45. The molecule has 2 aliphatic rings. The first-order valence-electron chi connectivity index (χ1n) is 15.9. The summed E-state index contributed by atoms with van der Waals surface area (Å²) in [4.78, 5) is 33.9. The van der Waals surface area contributed by atoms with Gasteiger partial charge in [-0.15, -0.1) is 11.3 Å². The number of nitrogens with one attached hydrogen (secondary N) is 3. The zero-order valence-electron chi connectivity index (χ0n) is 26.7. The molecule has 3 N–H and O–H groups in total. The Morgan fingerprint density at radius 3 is 2.73 bits per heavy atom. The standard InChI is InChI=1S/C33H36F3N9O2S/c1-20(13-39-30(47)14-38-19-46)44-16-25(44)17-45-24(12-37)9-27-21(2)22(3-4-29(27)45)15-43-7-5-23(6-8-43)42-31-28-10-26(11-33(34,35)36)48-32(28)41-18-40-31/h3-4,9-10,18-20,23H,5-8,11,13-17H2,1-2H3,(H2-,38,39,40,41,42,46,47)/p+1. The number of aryl methyl sites for hydroxylation is 1. The van der Waals surface area contributed by atoms with E-state index in [1.165, 1.54) is 17.6 Å². The second kappa shape index (κ2) is 13.9. The summed E-state index contributed by atoms with van der Waals surface area (Å²) in [6.07, 6.45) is -1.60. The number of aromatic nitrogens is 3. The third-order valence-corrected chi connectivity index (χ3v) is 10.2. The minimum absolute atomic E-state index is 0.0483. The van der Waals surface area contributed by atoms with E-state index in [4.69, 9.17) is 0 Å². The molecule has 11 nitrogen and oxygen atoms in total. The molecule has 0 bridgehead atoms. The van der Waals surface area contributed by atoms with Crippen molar-refractivity contribution < 1.29 is 27.3 Å². The van der Waals surface area contributed by atoms with Gasteiger partial charge in [-0.2, -0.15) is 18.4 Å². The molecule has 1 unspecified atom stereocenters. The summed E-state index contributed by atoms with van der Waals surface area (Å²) in [7, 11) is 0. The molecular weight excluding hydrogens is 643 g/mol. The molecule has 1 aromatic carbocycles. The molecule has 1 saturated heterocycles. The normalized spacial score (nSPS) is 16.2. The highest BCUT2D eigenvalue weighted by molar-refractivity contribution is 7.18. The van der Waals surface area contributed by atoms with Crippen LogP contribution in [-0.4, -0.2) is 93.0 Å². The van der Waals surface area contributed by atoms with Crippen LogP contribution < -0.4 is 16.0 Å². The lowest BCUT2D eigenvalue weighted by molar-refractivity contribution is -0.478. The van der Waals surface area contributed by atoms with Gasteiger partial charge in [0.25, 0.3) is 0 Å². The summed E-state index contributed by atoms with van der Waals surface area (Å²) < 4.78 is 43.1. The van der Waals surface area contributed by atoms with Crippen LogP contribution in [0, 0.1) is 18.3 Å². The molecule has 3 aromatic heterocycles. The summed E-state index contributed by atoms with van der Waals surface area (Å²) in [6, 6.07) is 10.4. The van der Waals surface area contributed by atoms with Crippen LogP contribution in [0.25, 0.3) is 21.1 Å². The van der Waals surface area contributed by atoms with E-state index in [-0.39, 0.29) is 29.4 Å². The van der Waals surface area contributed by atoms with Crippen LogP contribution in [0.4, 0.5) is 19.0 Å². The van der Waals surface area contributed by atoms with Gasteiger partial charge in [0.1, 0.15) is 35.3 Å². The molecule has 252 valence electrons. The largest absolute Gasteiger partial charge is 0.393 e. The smallest absolute Gasteiger partial charge is 0.367 e. The topological polar surface area (TPSA) is 131 Å². The van der Waals surface area contributed by atoms with Gasteiger partial charge >= 0.3 is 6.18 Å². The number of carbonyl (C=O) groups excluding carboxylic acids is 2. The Labute approximate surface area is 279 Å². The first-order valence-corrected chi connectivity index (χ1v) is 16.7. The van der Waals surface area contributed by atoms with Crippen LogP contribution in [0.1, 0.15) is 41.5 Å². The Kier molecular flexibility index (Phi) is 9.66. The number of piperidine rings is 1. The summed E-state index contributed by atoms with van der Waals surface area (Å²) >= 11 is 1.05. The molecule has 15 heteroatoms. The van der Waals surface area contributed by atoms with E-state index < -0.39 is 12.6 Å². The van der Waals surface area contributed by atoms with Crippen molar-refractivity contribution >= 4 is 56.3 Å². The van der Waals surface area contributed by atoms with E-state index in [0.29, 0.717) is 41.2 Å². The molecule has 6 rings (SSSR count). The average Bonchev–Trinajstić information content (AvgIpc) is 3.56. The third kappa shape index (κ3) is 7.60. The van der Waals surface area contributed by atoms with Gasteiger partial charge in [0.2, 0.25) is 24.6 Å². The molecule has 0 radical (unpaired) electrons. The number of thiophene rings is 1. The molecule has 5 heterocycles. The molecule has 2 aliphatic heterocycles. The van der Waals surface area contributed by atoms with Crippen LogP contribution in [0.2, 0.25) is 0 Å². The minimum atomic E-state index is -4.27. The molecule has 2 amide bonds. The molecule has 4 aromatic rings. The lowest BCUT2D eigenvalue weighted by Gasteiger charge is -2.33. The second-order valence-corrected chi connectivity index (χ2v) is 13.6. The summed E-state index contributed by atoms with van der Waals surface area (Å²) in [5, 5.41) is 20.3. The maximum atomic E-state index is 12.9. The van der Waals surface area contributed by atoms with Gasteiger partial charge in [0.15, 0.2) is 6.04 Å². The van der Waals surface area contributed by atoms with Gasteiger partial charge in [0, 0.05) is 41.5 Å². The average molecular weight is 681 g/mol. The van der Waals surface area contributed by atoms with Gasteiger partial charge in [0.05, 0.1) is 24.9 Å². The Balaban J connectivity index is 1.07. The first kappa shape index (κ1) is 33.4. The van der Waals surface area contributed by atoms with Crippen molar-refractivity contribution in [3.05, 3.63) is 52.3 Å². The lowest BCUT2D eigenvalue weighted by atomic mass is 10.0. The number of anilines is 1. The third-order valence-electron chi connectivity index (χ3n) is 9.13. The van der Waals surface area contributed by atoms with E-state index in [1.54, 1.807) is 6.07 Å². The lowest BCUT2D eigenvalue weighted by Crippen LogP contribution is -2.39. The van der Waals surface area contributed by atoms with Crippen LogP contribution in [0.3, 0.4) is 0 Å². The Hall–Kier alpha value is -4.55. The Morgan fingerprint density at radius 1 is 1.21 bits per heavy atom. The summed E-state index contributed by atoms with van der Waals surface area (Å²) in [6.45, 7) is 8.44. The van der Waals surface area contributed by atoms with E-state index in [2.05, 4.69) is 65.1 Å². The quantitative estimate of drug-likeness (QED) is 0.145. The van der Waals surface area contributed by atoms with Crippen LogP contribution in [-0.2, 0) is 29.1 Å². The number of hydrogen-bond donors (Lipinski definition) is 3. The number of fused-ring (bicyclic) bond motifs is 2. The Morgan fingerprint density at radius 2 is 2.00 bits per heavy atom. The van der Waals surface area contributed by atoms with Gasteiger partial charge in [-0.1, -0.05) is 6.07 Å². The highest BCUT2D eigenvalue weighted by Crippen LogP contribution is 2.33. The van der Waals surface area contributed by atoms with E-state index in [9.17, 15) is 28.0 Å². The zero-order valence-corrected chi connectivity index (χ0v) is 27.5. The molecule has 0 spiro atoms. The van der Waals surface area contributed by atoms with Crippen molar-refractivity contribution in [2.24, 2.45) is 0 Å². The molecule has 0 aliphatic carbocycles. The number of alkyl halides is 3. The SMILES string of the molecule is Cc1c(CN2CCC(Nc3ncnc4sc(CC(F)(F)F)cc34)CC2)ccc2c1cc(C#N)n2CC1=[N+](C(C)CNC(=O)CNC=O)C1. The monoisotopic (exact) mass is 680 g/mol. The van der Waals surface area contributed by atoms with E-state index in [1.807, 2.05) is 13.0 Å². The summed E-state index contributed by atoms with van der Waals surface area (Å²) in [5.74, 6) is 0.346. The predicted molar refractivity (Wildman–Crippen MR) is 177 cm³/mol. The van der Waals surface area contributed by atoms with Crippen molar-refractivity contribution in [2.75, 3.05) is 38.0 Å². The molecule has 1 atom stereocenters. The number of benzene rings is 1. The van der Waals surface area contributed by atoms with Crippen molar-refractivity contribution in [3.63, 3.8) is 0 Å². The van der Waals surface area contributed by atoms with Gasteiger partial charge in [-0.25, -0.2) is 14.5 Å². The van der Waals surface area contributed by atoms with Crippen LogP contribution in [0.5, 0.6) is 0 Å². The number of hydrogen-bond acceptors (Lipinski definition) is 8. The number of rotatable bonds is 13. The van der Waals surface area contributed by atoms with Crippen molar-refractivity contribution in [1.29, 1.82) is 5.26 Å². The van der Waals surface area contributed by atoms with E-state index in [0.717, 1.165) is 66.8 Å². The number of nitrogens with zero attached hydrogens (tertiary/aromatic N) is 6. The predicted octanol–water partition coefficient (Wildman–Crippen LogP) is 3.73. The number of halogens is 3. The first-order chi connectivity index (χ1) is 23.0. The number of likely N-dealkylation sites (tertiary alicyclic amines) is 1. The number of amides is 2. The van der Waals surface area contributed by atoms with Crippen LogP contribution in [0.15, 0.2) is 30.6 Å². The van der Waals surface area contributed by atoms with Gasteiger partial charge in [-0.3, -0.25) is 14.5 Å². The maximum Gasteiger partial charge on any atom is 0.393 e. The van der Waals surface area contributed by atoms with E-state index >= 15 is 0 Å². The fourth-order valence-corrected chi connectivity index (χ4v) is 7.48. The van der Waals surface area contributed by atoms with Crippen LogP contribution >= 0.6 is 11.3 Å². The maximum absolute atomic E-state index is 12.9. The molecule has 1 fully saturated rings. The number of nitriles is 1. The van der Waals surface area contributed by atoms with Crippen molar-refractivity contribution in [3.8, 4) is 6.07 Å². The molecule has 0 saturated carbocycles. The van der Waals surface area contributed by atoms with Crippen molar-refractivity contribution in [1.82, 2.24) is 30.1 Å².